The molecule has 0 saturated heterocycles. The zero-order valence-electron chi connectivity index (χ0n) is 11.9. The van der Waals surface area contributed by atoms with Crippen molar-refractivity contribution in [3.8, 4) is 11.5 Å². The molecule has 0 saturated carbocycles. The highest BCUT2D eigenvalue weighted by Gasteiger charge is 2.18. The number of para-hydroxylation sites is 2. The zero-order chi connectivity index (χ0) is 14.8. The van der Waals surface area contributed by atoms with Crippen LogP contribution in [0.15, 0.2) is 82.6 Å². The molecule has 0 N–H and O–H groups in total. The molecule has 22 heavy (non-hydrogen) atoms. The Morgan fingerprint density at radius 1 is 0.682 bits per heavy atom. The summed E-state index contributed by atoms with van der Waals surface area (Å²) >= 11 is 1.76. The van der Waals surface area contributed by atoms with E-state index >= 15 is 0 Å². The summed E-state index contributed by atoms with van der Waals surface area (Å²) in [6.45, 7) is 0. The van der Waals surface area contributed by atoms with Crippen molar-refractivity contribution in [3.05, 3.63) is 83.9 Å². The molecule has 3 aromatic rings. The molecule has 0 fully saturated rings. The Morgan fingerprint density at radius 2 is 1.45 bits per heavy atom. The Kier molecular flexibility index (Phi) is 3.45. The van der Waals surface area contributed by atoms with E-state index in [0.29, 0.717) is 0 Å². The van der Waals surface area contributed by atoms with Crippen molar-refractivity contribution >= 4 is 23.9 Å². The summed E-state index contributed by atoms with van der Waals surface area (Å²) < 4.78 is 6.12. The molecule has 3 aromatic carbocycles. The van der Waals surface area contributed by atoms with Gasteiger partial charge in [0.15, 0.2) is 0 Å². The first kappa shape index (κ1) is 13.2. The van der Waals surface area contributed by atoms with Gasteiger partial charge in [-0.25, -0.2) is 0 Å². The molecule has 0 aromatic heterocycles. The van der Waals surface area contributed by atoms with Crippen LogP contribution in [0.4, 0.5) is 0 Å². The van der Waals surface area contributed by atoms with Gasteiger partial charge in [0.1, 0.15) is 11.5 Å². The van der Waals surface area contributed by atoms with E-state index in [1.54, 1.807) is 11.8 Å². The van der Waals surface area contributed by atoms with E-state index in [1.807, 2.05) is 36.4 Å². The third-order valence-corrected chi connectivity index (χ3v) is 4.64. The highest BCUT2D eigenvalue weighted by molar-refractivity contribution is 7.99. The summed E-state index contributed by atoms with van der Waals surface area (Å²) in [5, 5.41) is 0. The molecule has 0 unspecified atom stereocenters. The Hall–Kier alpha value is -2.45. The fraction of sp³-hybridized carbons (Fsp3) is 0. The van der Waals surface area contributed by atoms with E-state index < -0.39 is 0 Å². The van der Waals surface area contributed by atoms with Crippen molar-refractivity contribution in [2.24, 2.45) is 0 Å². The molecule has 0 atom stereocenters. The highest BCUT2D eigenvalue weighted by Crippen LogP contribution is 2.48. The normalized spacial score (nSPS) is 12.5. The number of hydrogen-bond acceptors (Lipinski definition) is 2. The first-order chi connectivity index (χ1) is 10.9. The summed E-state index contributed by atoms with van der Waals surface area (Å²) in [6, 6.07) is 24.7. The van der Waals surface area contributed by atoms with Gasteiger partial charge in [0.05, 0.1) is 9.79 Å². The molecule has 0 amide bonds. The summed E-state index contributed by atoms with van der Waals surface area (Å²) in [5.74, 6) is 1.87. The topological polar surface area (TPSA) is 9.23 Å². The van der Waals surface area contributed by atoms with Crippen LogP contribution in [0, 0.1) is 0 Å². The molecule has 106 valence electrons. The Morgan fingerprint density at radius 3 is 2.36 bits per heavy atom. The molecule has 0 spiro atoms. The predicted octanol–water partition coefficient (Wildman–Crippen LogP) is 6.11. The van der Waals surface area contributed by atoms with E-state index in [9.17, 15) is 0 Å². The molecule has 0 radical (unpaired) electrons. The van der Waals surface area contributed by atoms with Crippen molar-refractivity contribution in [1.29, 1.82) is 0 Å². The lowest BCUT2D eigenvalue weighted by Gasteiger charge is -2.20. The molecule has 0 bridgehead atoms. The third-order valence-electron chi connectivity index (χ3n) is 3.55. The van der Waals surface area contributed by atoms with E-state index in [2.05, 4.69) is 48.6 Å². The smallest absolute Gasteiger partial charge is 0.148 e. The second kappa shape index (κ2) is 5.74. The number of ether oxygens (including phenoxy) is 1. The van der Waals surface area contributed by atoms with Gasteiger partial charge in [0.2, 0.25) is 0 Å². The first-order valence-corrected chi connectivity index (χ1v) is 8.03. The van der Waals surface area contributed by atoms with Gasteiger partial charge in [-0.15, -0.1) is 0 Å². The van der Waals surface area contributed by atoms with Crippen LogP contribution in [0.3, 0.4) is 0 Å². The molecule has 4 rings (SSSR count). The van der Waals surface area contributed by atoms with Gasteiger partial charge in [-0.2, -0.15) is 0 Å². The van der Waals surface area contributed by atoms with E-state index in [1.165, 1.54) is 10.5 Å². The Balaban J connectivity index is 1.71. The number of hydrogen-bond donors (Lipinski definition) is 0. The van der Waals surface area contributed by atoms with Gasteiger partial charge in [-0.3, -0.25) is 0 Å². The number of fused-ring (bicyclic) bond motifs is 2. The lowest BCUT2D eigenvalue weighted by molar-refractivity contribution is 0.453. The predicted molar refractivity (Wildman–Crippen MR) is 92.5 cm³/mol. The van der Waals surface area contributed by atoms with Crippen LogP contribution in [0.25, 0.3) is 12.2 Å². The van der Waals surface area contributed by atoms with Crippen LogP contribution in [-0.4, -0.2) is 0 Å². The first-order valence-electron chi connectivity index (χ1n) is 7.21. The molecular weight excluding hydrogens is 288 g/mol. The molecule has 2 heteroatoms. The maximum atomic E-state index is 6.12. The fourth-order valence-electron chi connectivity index (χ4n) is 2.45. The van der Waals surface area contributed by atoms with Crippen LogP contribution in [0.1, 0.15) is 11.1 Å². The van der Waals surface area contributed by atoms with E-state index in [-0.39, 0.29) is 0 Å². The highest BCUT2D eigenvalue weighted by atomic mass is 32.2. The Bertz CT molecular complexity index is 837. The van der Waals surface area contributed by atoms with Crippen molar-refractivity contribution in [2.75, 3.05) is 0 Å². The zero-order valence-corrected chi connectivity index (χ0v) is 12.7. The third kappa shape index (κ3) is 2.53. The van der Waals surface area contributed by atoms with E-state index in [0.717, 1.165) is 22.0 Å². The van der Waals surface area contributed by atoms with Gasteiger partial charge in [0, 0.05) is 5.56 Å². The fourth-order valence-corrected chi connectivity index (χ4v) is 3.44. The van der Waals surface area contributed by atoms with Gasteiger partial charge in [-0.05, 0) is 23.8 Å². The molecule has 1 heterocycles. The Labute approximate surface area is 134 Å². The summed E-state index contributed by atoms with van der Waals surface area (Å²) in [7, 11) is 0. The van der Waals surface area contributed by atoms with Crippen molar-refractivity contribution in [3.63, 3.8) is 0 Å². The van der Waals surface area contributed by atoms with Crippen molar-refractivity contribution in [1.82, 2.24) is 0 Å². The molecule has 1 aliphatic rings. The average Bonchev–Trinajstić information content (AvgIpc) is 2.59. The number of benzene rings is 3. The minimum absolute atomic E-state index is 0.931. The summed E-state index contributed by atoms with van der Waals surface area (Å²) in [4.78, 5) is 2.33. The quantitative estimate of drug-likeness (QED) is 0.413. The molecule has 1 aliphatic heterocycles. The molecule has 0 aliphatic carbocycles. The summed E-state index contributed by atoms with van der Waals surface area (Å²) in [5.41, 5.74) is 2.28. The van der Waals surface area contributed by atoms with Gasteiger partial charge in [0.25, 0.3) is 0 Å². The van der Waals surface area contributed by atoms with Gasteiger partial charge >= 0.3 is 0 Å². The van der Waals surface area contributed by atoms with Crippen LogP contribution in [0.5, 0.6) is 11.5 Å². The van der Waals surface area contributed by atoms with Crippen LogP contribution < -0.4 is 4.74 Å². The minimum atomic E-state index is 0.931. The second-order valence-electron chi connectivity index (χ2n) is 5.07. The van der Waals surface area contributed by atoms with E-state index in [4.69, 9.17) is 4.74 Å². The second-order valence-corrected chi connectivity index (χ2v) is 6.15. The molecule has 1 nitrogen and oxygen atoms in total. The standard InChI is InChI=1S/C20H14OS/c1-2-7-15(8-3-1)13-14-16-9-6-12-19-20(16)21-17-10-4-5-11-18(17)22-19/h1-14H/b14-13-. The maximum absolute atomic E-state index is 6.12. The lowest BCUT2D eigenvalue weighted by Crippen LogP contribution is -1.96. The largest absolute Gasteiger partial charge is 0.454 e. The minimum Gasteiger partial charge on any atom is -0.454 e. The average molecular weight is 302 g/mol. The van der Waals surface area contributed by atoms with Crippen LogP contribution >= 0.6 is 11.8 Å². The molecular formula is C20H14OS. The monoisotopic (exact) mass is 302 g/mol. The van der Waals surface area contributed by atoms with Crippen molar-refractivity contribution < 1.29 is 4.74 Å². The summed E-state index contributed by atoms with van der Waals surface area (Å²) in [6.07, 6.45) is 4.23. The van der Waals surface area contributed by atoms with Gasteiger partial charge in [-0.1, -0.05) is 78.5 Å². The number of rotatable bonds is 2. The van der Waals surface area contributed by atoms with Crippen LogP contribution in [0.2, 0.25) is 0 Å². The van der Waals surface area contributed by atoms with Crippen molar-refractivity contribution in [2.45, 2.75) is 9.79 Å². The maximum Gasteiger partial charge on any atom is 0.148 e. The van der Waals surface area contributed by atoms with Gasteiger partial charge < -0.3 is 4.74 Å². The SMILES string of the molecule is C(=C/c1cccc2c1Oc1ccccc1S2)/c1ccccc1. The van der Waals surface area contributed by atoms with Crippen LogP contribution in [-0.2, 0) is 0 Å². The lowest BCUT2D eigenvalue weighted by atomic mass is 10.1.